The maximum atomic E-state index is 12.6. The van der Waals surface area contributed by atoms with Crippen molar-refractivity contribution in [2.45, 2.75) is 39.7 Å². The highest BCUT2D eigenvalue weighted by Crippen LogP contribution is 2.64. The number of nitrogens with one attached hydrogen (secondary N) is 1. The van der Waals surface area contributed by atoms with Crippen molar-refractivity contribution in [3.63, 3.8) is 0 Å². The summed E-state index contributed by atoms with van der Waals surface area (Å²) in [5.41, 5.74) is 0.328. The molecule has 2 aliphatic rings. The van der Waals surface area contributed by atoms with E-state index in [1.54, 1.807) is 24.3 Å². The Morgan fingerprint density at radius 2 is 1.96 bits per heavy atom. The minimum atomic E-state index is -3.56. The van der Waals surface area contributed by atoms with Crippen LogP contribution in [0.3, 0.4) is 0 Å². The van der Waals surface area contributed by atoms with Crippen LogP contribution in [0.25, 0.3) is 0 Å². The normalized spacial score (nSPS) is 28.0. The topological polar surface area (TPSA) is 87.0 Å². The first-order valence-electron chi connectivity index (χ1n) is 8.20. The third-order valence-electron chi connectivity index (χ3n) is 6.15. The number of nitrogens with zero attached hydrogens (tertiary/aromatic N) is 1. The van der Waals surface area contributed by atoms with Crippen LogP contribution in [0.15, 0.2) is 24.3 Å². The van der Waals surface area contributed by atoms with Crippen molar-refractivity contribution in [1.29, 1.82) is 5.26 Å². The van der Waals surface area contributed by atoms with Gasteiger partial charge in [0.25, 0.3) is 0 Å². The number of carbonyl (C=O) groups is 1. The summed E-state index contributed by atoms with van der Waals surface area (Å²) in [5.74, 6) is 0.282. The van der Waals surface area contributed by atoms with Crippen molar-refractivity contribution in [2.75, 3.05) is 5.75 Å². The van der Waals surface area contributed by atoms with Gasteiger partial charge in [0.1, 0.15) is 5.78 Å². The Morgan fingerprint density at radius 3 is 2.46 bits per heavy atom. The number of Topliss-reactive ketones (excluding diaryl/α,β-unsaturated/α-hetero) is 1. The number of rotatable bonds is 5. The van der Waals surface area contributed by atoms with Crippen LogP contribution in [0.5, 0.6) is 0 Å². The van der Waals surface area contributed by atoms with Gasteiger partial charge in [-0.05, 0) is 41.9 Å². The molecule has 2 fully saturated rings. The Labute approximate surface area is 143 Å². The quantitative estimate of drug-likeness (QED) is 0.887. The number of hydrogen-bond acceptors (Lipinski definition) is 4. The number of hydrogen-bond donors (Lipinski definition) is 1. The van der Waals surface area contributed by atoms with Crippen LogP contribution in [-0.4, -0.2) is 20.0 Å². The van der Waals surface area contributed by atoms with E-state index in [1.165, 1.54) is 0 Å². The van der Waals surface area contributed by atoms with Crippen LogP contribution in [-0.2, 0) is 21.4 Å². The first kappa shape index (κ1) is 17.1. The third-order valence-corrected chi connectivity index (χ3v) is 7.61. The second kappa shape index (κ2) is 5.68. The van der Waals surface area contributed by atoms with Gasteiger partial charge in [-0.15, -0.1) is 0 Å². The van der Waals surface area contributed by atoms with Gasteiger partial charge in [-0.2, -0.15) is 5.26 Å². The molecule has 6 heteroatoms. The molecule has 2 bridgehead atoms. The van der Waals surface area contributed by atoms with E-state index in [1.807, 2.05) is 19.9 Å². The Kier molecular flexibility index (Phi) is 4.05. The molecule has 0 aliphatic heterocycles. The molecule has 2 saturated carbocycles. The number of nitriles is 1. The molecule has 0 spiro atoms. The van der Waals surface area contributed by atoms with Gasteiger partial charge in [-0.25, -0.2) is 13.1 Å². The highest BCUT2D eigenvalue weighted by atomic mass is 32.2. The fourth-order valence-corrected chi connectivity index (χ4v) is 6.19. The lowest BCUT2D eigenvalue weighted by molar-refractivity contribution is -0.128. The van der Waals surface area contributed by atoms with E-state index < -0.39 is 15.4 Å². The molecule has 1 aromatic carbocycles. The fraction of sp³-hybridized carbons (Fsp3) is 0.556. The molecule has 1 aromatic rings. The van der Waals surface area contributed by atoms with Gasteiger partial charge in [-0.1, -0.05) is 26.0 Å². The van der Waals surface area contributed by atoms with Gasteiger partial charge < -0.3 is 0 Å². The summed E-state index contributed by atoms with van der Waals surface area (Å²) >= 11 is 0. The Bertz CT molecular complexity index is 806. The fourth-order valence-electron chi connectivity index (χ4n) is 4.37. The minimum Gasteiger partial charge on any atom is -0.299 e. The van der Waals surface area contributed by atoms with E-state index in [2.05, 4.69) is 4.72 Å². The van der Waals surface area contributed by atoms with Gasteiger partial charge in [0.15, 0.2) is 0 Å². The third kappa shape index (κ3) is 2.66. The minimum absolute atomic E-state index is 0.104. The predicted octanol–water partition coefficient (Wildman–Crippen LogP) is 2.37. The maximum absolute atomic E-state index is 12.6. The second-order valence-electron chi connectivity index (χ2n) is 7.56. The summed E-state index contributed by atoms with van der Waals surface area (Å²) in [6, 6.07) is 8.81. The zero-order valence-electron chi connectivity index (χ0n) is 14.0. The molecule has 0 aromatic heterocycles. The van der Waals surface area contributed by atoms with Crippen LogP contribution in [0.2, 0.25) is 0 Å². The summed E-state index contributed by atoms with van der Waals surface area (Å²) in [4.78, 5) is 12.5. The van der Waals surface area contributed by atoms with Gasteiger partial charge >= 0.3 is 0 Å². The van der Waals surface area contributed by atoms with Gasteiger partial charge in [0.05, 0.1) is 17.4 Å². The van der Waals surface area contributed by atoms with E-state index >= 15 is 0 Å². The predicted molar refractivity (Wildman–Crippen MR) is 90.3 cm³/mol. The largest absolute Gasteiger partial charge is 0.299 e. The van der Waals surface area contributed by atoms with Crippen LogP contribution in [0.4, 0.5) is 0 Å². The average Bonchev–Trinajstić information content (AvgIpc) is 2.87. The molecule has 2 unspecified atom stereocenters. The second-order valence-corrected chi connectivity index (χ2v) is 9.36. The average molecular weight is 346 g/mol. The van der Waals surface area contributed by atoms with E-state index in [9.17, 15) is 13.2 Å². The van der Waals surface area contributed by atoms with Crippen molar-refractivity contribution >= 4 is 15.8 Å². The highest BCUT2D eigenvalue weighted by Gasteiger charge is 2.65. The summed E-state index contributed by atoms with van der Waals surface area (Å²) in [5, 5.41) is 8.79. The number of ketones is 1. The molecular weight excluding hydrogens is 324 g/mol. The van der Waals surface area contributed by atoms with Gasteiger partial charge in [0, 0.05) is 18.4 Å². The summed E-state index contributed by atoms with van der Waals surface area (Å²) in [6.07, 6.45) is 2.11. The van der Waals surface area contributed by atoms with Crippen LogP contribution >= 0.6 is 0 Å². The molecule has 0 amide bonds. The van der Waals surface area contributed by atoms with Crippen molar-refractivity contribution in [3.8, 4) is 6.07 Å². The lowest BCUT2D eigenvalue weighted by atomic mass is 9.70. The van der Waals surface area contributed by atoms with Crippen LogP contribution in [0, 0.1) is 28.1 Å². The van der Waals surface area contributed by atoms with E-state index in [4.69, 9.17) is 5.26 Å². The molecule has 128 valence electrons. The van der Waals surface area contributed by atoms with Crippen molar-refractivity contribution in [1.82, 2.24) is 4.72 Å². The SMILES string of the molecule is CC1(C)C2CCC1(CS(=O)(=O)NCc1ccc(C#N)cc1)C(=O)C2. The number of carbonyl (C=O) groups excluding carboxylic acids is 1. The monoisotopic (exact) mass is 346 g/mol. The first-order valence-corrected chi connectivity index (χ1v) is 9.85. The molecular formula is C18H22N2O3S. The van der Waals surface area contributed by atoms with Gasteiger partial charge in [-0.3, -0.25) is 4.79 Å². The van der Waals surface area contributed by atoms with E-state index in [-0.39, 0.29) is 23.5 Å². The molecule has 0 heterocycles. The molecule has 0 radical (unpaired) electrons. The molecule has 2 aliphatic carbocycles. The molecule has 3 rings (SSSR count). The zero-order chi connectivity index (χ0) is 17.6. The van der Waals surface area contributed by atoms with Crippen molar-refractivity contribution in [2.24, 2.45) is 16.7 Å². The number of benzene rings is 1. The Balaban J connectivity index is 1.72. The Hall–Kier alpha value is -1.71. The smallest absolute Gasteiger partial charge is 0.212 e. The van der Waals surface area contributed by atoms with Crippen molar-refractivity contribution in [3.05, 3.63) is 35.4 Å². The zero-order valence-corrected chi connectivity index (χ0v) is 14.8. The van der Waals surface area contributed by atoms with Crippen LogP contribution < -0.4 is 4.72 Å². The number of fused-ring (bicyclic) bond motifs is 2. The number of sulfonamides is 1. The summed E-state index contributed by atoms with van der Waals surface area (Å²) in [6.45, 7) is 4.24. The lowest BCUT2D eigenvalue weighted by Crippen LogP contribution is -2.45. The summed E-state index contributed by atoms with van der Waals surface area (Å²) in [7, 11) is -3.56. The molecule has 1 N–H and O–H groups in total. The lowest BCUT2D eigenvalue weighted by Gasteiger charge is -2.36. The van der Waals surface area contributed by atoms with Crippen LogP contribution in [0.1, 0.15) is 44.2 Å². The van der Waals surface area contributed by atoms with Crippen molar-refractivity contribution < 1.29 is 13.2 Å². The van der Waals surface area contributed by atoms with E-state index in [0.29, 0.717) is 24.3 Å². The molecule has 24 heavy (non-hydrogen) atoms. The van der Waals surface area contributed by atoms with Gasteiger partial charge in [0.2, 0.25) is 10.0 Å². The highest BCUT2D eigenvalue weighted by molar-refractivity contribution is 7.89. The summed E-state index contributed by atoms with van der Waals surface area (Å²) < 4.78 is 27.8. The maximum Gasteiger partial charge on any atom is 0.212 e. The molecule has 5 nitrogen and oxygen atoms in total. The van der Waals surface area contributed by atoms with E-state index in [0.717, 1.165) is 12.0 Å². The molecule has 2 atom stereocenters. The standard InChI is InChI=1S/C18H22N2O3S/c1-17(2)15-7-8-18(17,16(21)9-15)12-24(22,23)20-11-14-5-3-13(10-19)4-6-14/h3-6,15,20H,7-9,11-12H2,1-2H3. The Morgan fingerprint density at radius 1 is 1.29 bits per heavy atom. The first-order chi connectivity index (χ1) is 11.2. The molecule has 0 saturated heterocycles.